The number of aliphatic hydroxyl groups is 1. The fourth-order valence-electron chi connectivity index (χ4n) is 2.52. The first-order chi connectivity index (χ1) is 11.3. The Kier molecular flexibility index (Phi) is 5.16. The molecule has 1 heterocycles. The van der Waals surface area contributed by atoms with Gasteiger partial charge in [0.05, 0.1) is 18.5 Å². The van der Waals surface area contributed by atoms with Gasteiger partial charge in [0.2, 0.25) is 0 Å². The summed E-state index contributed by atoms with van der Waals surface area (Å²) < 4.78 is 2.10. The molecule has 118 valence electrons. The van der Waals surface area contributed by atoms with Crippen LogP contribution in [0, 0.1) is 6.92 Å². The number of aliphatic hydroxyl groups excluding tert-OH is 1. The molecule has 0 unspecified atom stereocenters. The van der Waals surface area contributed by atoms with Crippen LogP contribution >= 0.6 is 11.8 Å². The molecule has 2 aromatic carbocycles. The minimum absolute atomic E-state index is 0.00468. The summed E-state index contributed by atoms with van der Waals surface area (Å²) in [5, 5.41) is 10.5. The van der Waals surface area contributed by atoms with E-state index in [1.54, 1.807) is 18.0 Å². The van der Waals surface area contributed by atoms with Crippen molar-refractivity contribution in [1.82, 2.24) is 9.55 Å². The van der Waals surface area contributed by atoms with E-state index in [-0.39, 0.29) is 6.61 Å². The first-order valence-electron chi connectivity index (χ1n) is 7.64. The molecule has 0 amide bonds. The number of imidazole rings is 1. The van der Waals surface area contributed by atoms with E-state index >= 15 is 0 Å². The summed E-state index contributed by atoms with van der Waals surface area (Å²) in [5.41, 5.74) is 4.58. The van der Waals surface area contributed by atoms with Gasteiger partial charge >= 0.3 is 0 Å². The Labute approximate surface area is 141 Å². The summed E-state index contributed by atoms with van der Waals surface area (Å²) in [6.45, 7) is 2.83. The highest BCUT2D eigenvalue weighted by molar-refractivity contribution is 7.98. The number of nitrogens with zero attached hydrogens (tertiary/aromatic N) is 2. The Morgan fingerprint density at radius 1 is 1.04 bits per heavy atom. The summed E-state index contributed by atoms with van der Waals surface area (Å²) in [6.07, 6.45) is 1.77. The van der Waals surface area contributed by atoms with Crippen molar-refractivity contribution in [2.24, 2.45) is 0 Å². The van der Waals surface area contributed by atoms with Gasteiger partial charge in [-0.05, 0) is 18.1 Å². The van der Waals surface area contributed by atoms with Crippen LogP contribution in [-0.4, -0.2) is 14.7 Å². The quantitative estimate of drug-likeness (QED) is 0.696. The number of thioether (sulfide) groups is 1. The maximum Gasteiger partial charge on any atom is 0.168 e. The number of benzene rings is 2. The zero-order valence-corrected chi connectivity index (χ0v) is 14.0. The van der Waals surface area contributed by atoms with Crippen LogP contribution in [0.4, 0.5) is 0 Å². The Morgan fingerprint density at radius 2 is 1.83 bits per heavy atom. The van der Waals surface area contributed by atoms with Gasteiger partial charge in [0.15, 0.2) is 5.16 Å². The first-order valence-corrected chi connectivity index (χ1v) is 8.62. The molecule has 23 heavy (non-hydrogen) atoms. The van der Waals surface area contributed by atoms with Gasteiger partial charge in [-0.15, -0.1) is 0 Å². The van der Waals surface area contributed by atoms with Gasteiger partial charge in [0.25, 0.3) is 0 Å². The molecule has 3 rings (SSSR count). The second-order valence-corrected chi connectivity index (χ2v) is 6.48. The Morgan fingerprint density at radius 3 is 2.57 bits per heavy atom. The van der Waals surface area contributed by atoms with Crippen LogP contribution < -0.4 is 0 Å². The lowest BCUT2D eigenvalue weighted by molar-refractivity contribution is 0.270. The lowest BCUT2D eigenvalue weighted by Gasteiger charge is -2.11. The molecule has 0 spiro atoms. The van der Waals surface area contributed by atoms with Crippen LogP contribution in [-0.2, 0) is 18.9 Å². The third kappa shape index (κ3) is 4.03. The average Bonchev–Trinajstić information content (AvgIpc) is 2.96. The normalized spacial score (nSPS) is 10.9. The van der Waals surface area contributed by atoms with Crippen LogP contribution in [0.2, 0.25) is 0 Å². The molecule has 3 nitrogen and oxygen atoms in total. The van der Waals surface area contributed by atoms with Crippen LogP contribution in [0.1, 0.15) is 22.4 Å². The van der Waals surface area contributed by atoms with Crippen molar-refractivity contribution in [1.29, 1.82) is 0 Å². The molecular weight excluding hydrogens is 304 g/mol. The van der Waals surface area contributed by atoms with E-state index in [0.29, 0.717) is 0 Å². The molecule has 0 saturated carbocycles. The van der Waals surface area contributed by atoms with Gasteiger partial charge in [-0.1, -0.05) is 71.9 Å². The Balaban J connectivity index is 1.79. The van der Waals surface area contributed by atoms with Gasteiger partial charge in [0, 0.05) is 12.3 Å². The van der Waals surface area contributed by atoms with Gasteiger partial charge in [-0.3, -0.25) is 0 Å². The van der Waals surface area contributed by atoms with Crippen molar-refractivity contribution in [3.63, 3.8) is 0 Å². The van der Waals surface area contributed by atoms with Gasteiger partial charge in [-0.25, -0.2) is 4.98 Å². The zero-order valence-electron chi connectivity index (χ0n) is 13.1. The maximum absolute atomic E-state index is 9.58. The number of hydrogen-bond acceptors (Lipinski definition) is 3. The molecule has 1 N–H and O–H groups in total. The number of rotatable bonds is 6. The minimum Gasteiger partial charge on any atom is -0.390 e. The molecule has 0 aliphatic heterocycles. The maximum atomic E-state index is 9.58. The smallest absolute Gasteiger partial charge is 0.168 e. The van der Waals surface area contributed by atoms with Crippen molar-refractivity contribution in [3.8, 4) is 0 Å². The summed E-state index contributed by atoms with van der Waals surface area (Å²) in [5.74, 6) is 0.872. The molecule has 1 aromatic heterocycles. The SMILES string of the molecule is Cc1cccc(Cn2c(CO)cnc2SCc2ccccc2)c1. The van der Waals surface area contributed by atoms with Crippen molar-refractivity contribution in [2.75, 3.05) is 0 Å². The van der Waals surface area contributed by atoms with E-state index < -0.39 is 0 Å². The zero-order chi connectivity index (χ0) is 16.1. The Bertz CT molecular complexity index is 768. The van der Waals surface area contributed by atoms with Crippen molar-refractivity contribution >= 4 is 11.8 Å². The van der Waals surface area contributed by atoms with Crippen LogP contribution in [0.3, 0.4) is 0 Å². The summed E-state index contributed by atoms with van der Waals surface area (Å²) in [4.78, 5) is 4.49. The predicted molar refractivity (Wildman–Crippen MR) is 94.4 cm³/mol. The summed E-state index contributed by atoms with van der Waals surface area (Å²) in [6, 6.07) is 18.8. The molecule has 0 fully saturated rings. The van der Waals surface area contributed by atoms with Crippen molar-refractivity contribution in [2.45, 2.75) is 31.0 Å². The second kappa shape index (κ2) is 7.49. The molecule has 0 radical (unpaired) electrons. The largest absolute Gasteiger partial charge is 0.390 e. The van der Waals surface area contributed by atoms with Crippen molar-refractivity contribution < 1.29 is 5.11 Å². The minimum atomic E-state index is 0.00468. The van der Waals surface area contributed by atoms with Crippen molar-refractivity contribution in [3.05, 3.63) is 83.2 Å². The molecule has 0 saturated heterocycles. The molecule has 3 aromatic rings. The topological polar surface area (TPSA) is 38.0 Å². The lowest BCUT2D eigenvalue weighted by Crippen LogP contribution is -2.06. The Hall–Kier alpha value is -2.04. The van der Waals surface area contributed by atoms with E-state index in [2.05, 4.69) is 52.9 Å². The highest BCUT2D eigenvalue weighted by atomic mass is 32.2. The monoisotopic (exact) mass is 324 g/mol. The second-order valence-electron chi connectivity index (χ2n) is 5.54. The van der Waals surface area contributed by atoms with E-state index in [1.807, 2.05) is 18.2 Å². The van der Waals surface area contributed by atoms with E-state index in [4.69, 9.17) is 0 Å². The molecular formula is C19H20N2OS. The summed E-state index contributed by atoms with van der Waals surface area (Å²) >= 11 is 1.70. The standard InChI is InChI=1S/C19H20N2OS/c1-15-6-5-9-17(10-15)12-21-18(13-22)11-20-19(21)23-14-16-7-3-2-4-8-16/h2-11,22H,12-14H2,1H3. The van der Waals surface area contributed by atoms with Gasteiger partial charge in [-0.2, -0.15) is 0 Å². The highest BCUT2D eigenvalue weighted by Gasteiger charge is 2.11. The number of aryl methyl sites for hydroxylation is 1. The first kappa shape index (κ1) is 15.8. The lowest BCUT2D eigenvalue weighted by atomic mass is 10.1. The van der Waals surface area contributed by atoms with Crippen LogP contribution in [0.25, 0.3) is 0 Å². The summed E-state index contributed by atoms with van der Waals surface area (Å²) in [7, 11) is 0. The molecule has 0 aliphatic carbocycles. The number of aromatic nitrogens is 2. The fraction of sp³-hybridized carbons (Fsp3) is 0.211. The molecule has 0 aliphatic rings. The van der Waals surface area contributed by atoms with Crippen LogP contribution in [0.15, 0.2) is 66.0 Å². The van der Waals surface area contributed by atoms with E-state index in [9.17, 15) is 5.11 Å². The third-order valence-electron chi connectivity index (χ3n) is 3.70. The van der Waals surface area contributed by atoms with Crippen LogP contribution in [0.5, 0.6) is 0 Å². The highest BCUT2D eigenvalue weighted by Crippen LogP contribution is 2.24. The van der Waals surface area contributed by atoms with E-state index in [1.165, 1.54) is 16.7 Å². The molecule has 4 heteroatoms. The fourth-order valence-corrected chi connectivity index (χ4v) is 3.47. The number of hydrogen-bond donors (Lipinski definition) is 1. The average molecular weight is 324 g/mol. The molecule has 0 atom stereocenters. The molecule has 0 bridgehead atoms. The van der Waals surface area contributed by atoms with Gasteiger partial charge < -0.3 is 9.67 Å². The van der Waals surface area contributed by atoms with E-state index in [0.717, 1.165) is 23.1 Å². The third-order valence-corrected chi connectivity index (χ3v) is 4.76. The van der Waals surface area contributed by atoms with Gasteiger partial charge in [0.1, 0.15) is 0 Å². The predicted octanol–water partition coefficient (Wildman–Crippen LogP) is 4.02.